The van der Waals surface area contributed by atoms with Gasteiger partial charge in [-0.25, -0.2) is 0 Å². The summed E-state index contributed by atoms with van der Waals surface area (Å²) >= 11 is 0. The van der Waals surface area contributed by atoms with Crippen molar-refractivity contribution in [1.82, 2.24) is 19.4 Å². The van der Waals surface area contributed by atoms with Gasteiger partial charge >= 0.3 is 0 Å². The zero-order valence-electron chi connectivity index (χ0n) is 14.8. The zero-order valence-corrected chi connectivity index (χ0v) is 14.8. The van der Waals surface area contributed by atoms with Crippen LogP contribution >= 0.6 is 0 Å². The van der Waals surface area contributed by atoms with Crippen LogP contribution in [0.1, 0.15) is 41.7 Å². The van der Waals surface area contributed by atoms with E-state index in [0.29, 0.717) is 18.6 Å². The molecule has 0 N–H and O–H groups in total. The molecule has 1 amide bonds. The van der Waals surface area contributed by atoms with Gasteiger partial charge in [0, 0.05) is 43.8 Å². The number of hydrogen-bond donors (Lipinski definition) is 0. The number of likely N-dealkylation sites (tertiary alicyclic amines) is 2. The Morgan fingerprint density at radius 3 is 2.76 bits per heavy atom. The molecule has 4 heterocycles. The van der Waals surface area contributed by atoms with Gasteiger partial charge in [0.1, 0.15) is 5.69 Å². The lowest BCUT2D eigenvalue weighted by Crippen LogP contribution is -2.47. The maximum Gasteiger partial charge on any atom is 0.270 e. The van der Waals surface area contributed by atoms with Crippen LogP contribution in [0.3, 0.4) is 0 Å². The summed E-state index contributed by atoms with van der Waals surface area (Å²) in [6.07, 6.45) is 10.3. The fourth-order valence-corrected chi connectivity index (χ4v) is 4.45. The Kier molecular flexibility index (Phi) is 4.57. The molecule has 0 radical (unpaired) electrons. The van der Waals surface area contributed by atoms with Crippen LogP contribution in [0.5, 0.6) is 0 Å². The van der Waals surface area contributed by atoms with Crippen molar-refractivity contribution in [2.24, 2.45) is 0 Å². The van der Waals surface area contributed by atoms with Crippen molar-refractivity contribution in [2.75, 3.05) is 20.1 Å². The lowest BCUT2D eigenvalue weighted by molar-refractivity contribution is 0.0654. The van der Waals surface area contributed by atoms with Crippen molar-refractivity contribution in [3.8, 4) is 0 Å². The smallest absolute Gasteiger partial charge is 0.270 e. The Morgan fingerprint density at radius 1 is 1.16 bits per heavy atom. The quantitative estimate of drug-likeness (QED) is 0.860. The van der Waals surface area contributed by atoms with E-state index in [0.717, 1.165) is 37.2 Å². The van der Waals surface area contributed by atoms with Crippen LogP contribution in [0.15, 0.2) is 42.9 Å². The molecule has 0 bridgehead atoms. The second kappa shape index (κ2) is 7.00. The average Bonchev–Trinajstić information content (AvgIpc) is 3.35. The Balaban J connectivity index is 1.54. The second-order valence-corrected chi connectivity index (χ2v) is 7.28. The molecule has 2 atom stereocenters. The van der Waals surface area contributed by atoms with Crippen molar-refractivity contribution in [3.05, 3.63) is 54.1 Å². The van der Waals surface area contributed by atoms with Gasteiger partial charge in [-0.3, -0.25) is 9.78 Å². The van der Waals surface area contributed by atoms with E-state index in [-0.39, 0.29) is 5.91 Å². The van der Waals surface area contributed by atoms with Gasteiger partial charge in [-0.05, 0) is 63.0 Å². The lowest BCUT2D eigenvalue weighted by atomic mass is 10.0. The first kappa shape index (κ1) is 16.3. The lowest BCUT2D eigenvalue weighted by Gasteiger charge is -2.33. The fraction of sp³-hybridized carbons (Fsp3) is 0.500. The first-order chi connectivity index (χ1) is 12.2. The van der Waals surface area contributed by atoms with Gasteiger partial charge in [-0.1, -0.05) is 6.07 Å². The van der Waals surface area contributed by atoms with Crippen molar-refractivity contribution >= 4 is 5.91 Å². The van der Waals surface area contributed by atoms with Crippen LogP contribution < -0.4 is 0 Å². The molecule has 0 saturated carbocycles. The van der Waals surface area contributed by atoms with Gasteiger partial charge in [-0.15, -0.1) is 0 Å². The van der Waals surface area contributed by atoms with Gasteiger partial charge in [-0.2, -0.15) is 0 Å². The number of nitrogens with zero attached hydrogens (tertiary/aromatic N) is 4. The zero-order chi connectivity index (χ0) is 17.2. The number of aromatic nitrogens is 2. The van der Waals surface area contributed by atoms with Gasteiger partial charge in [0.25, 0.3) is 5.91 Å². The standard InChI is InChI=1S/C20H26N4O/c1-22-11-3-7-17(22)18-8-5-13-24(18)20(25)19-9-4-12-23(19)15-16-6-2-10-21-14-16/h2,4,6,9-10,12,14,17-18H,3,5,7-8,11,13,15H2,1H3/t17-,18-/m1/s1. The highest BCUT2D eigenvalue weighted by Crippen LogP contribution is 2.30. The molecular weight excluding hydrogens is 312 g/mol. The van der Waals surface area contributed by atoms with E-state index in [1.54, 1.807) is 6.20 Å². The Labute approximate surface area is 149 Å². The highest BCUT2D eigenvalue weighted by molar-refractivity contribution is 5.93. The third-order valence-electron chi connectivity index (χ3n) is 5.71. The molecule has 0 aliphatic carbocycles. The molecule has 5 heteroatoms. The van der Waals surface area contributed by atoms with Gasteiger partial charge in [0.15, 0.2) is 0 Å². The maximum atomic E-state index is 13.3. The largest absolute Gasteiger partial charge is 0.339 e. The second-order valence-electron chi connectivity index (χ2n) is 7.28. The summed E-state index contributed by atoms with van der Waals surface area (Å²) in [7, 11) is 2.20. The molecule has 0 spiro atoms. The molecule has 0 unspecified atom stereocenters. The van der Waals surface area contributed by atoms with Crippen molar-refractivity contribution in [2.45, 2.75) is 44.3 Å². The summed E-state index contributed by atoms with van der Waals surface area (Å²) in [5.74, 6) is 0.177. The molecular formula is C20H26N4O. The van der Waals surface area contributed by atoms with E-state index in [4.69, 9.17) is 0 Å². The normalized spacial score (nSPS) is 24.1. The molecule has 132 valence electrons. The number of carbonyl (C=O) groups is 1. The topological polar surface area (TPSA) is 41.4 Å². The molecule has 2 saturated heterocycles. The molecule has 2 fully saturated rings. The number of carbonyl (C=O) groups excluding carboxylic acids is 1. The van der Waals surface area contributed by atoms with Crippen LogP contribution in [-0.4, -0.2) is 57.5 Å². The van der Waals surface area contributed by atoms with E-state index in [9.17, 15) is 4.79 Å². The van der Waals surface area contributed by atoms with Gasteiger partial charge in [0.05, 0.1) is 0 Å². The third-order valence-corrected chi connectivity index (χ3v) is 5.71. The van der Waals surface area contributed by atoms with Gasteiger partial charge < -0.3 is 14.4 Å². The number of rotatable bonds is 4. The summed E-state index contributed by atoms with van der Waals surface area (Å²) < 4.78 is 2.05. The number of pyridine rings is 1. The number of hydrogen-bond acceptors (Lipinski definition) is 3. The SMILES string of the molecule is CN1CCC[C@@H]1[C@H]1CCCN1C(=O)c1cccn1Cc1cccnc1. The minimum atomic E-state index is 0.177. The van der Waals surface area contributed by atoms with Crippen molar-refractivity contribution in [3.63, 3.8) is 0 Å². The molecule has 4 rings (SSSR count). The van der Waals surface area contributed by atoms with Crippen molar-refractivity contribution < 1.29 is 4.79 Å². The highest BCUT2D eigenvalue weighted by Gasteiger charge is 2.39. The summed E-state index contributed by atoms with van der Waals surface area (Å²) in [6.45, 7) is 2.72. The van der Waals surface area contributed by atoms with E-state index in [1.165, 1.54) is 12.8 Å². The Morgan fingerprint density at radius 2 is 2.00 bits per heavy atom. The summed E-state index contributed by atoms with van der Waals surface area (Å²) in [5.41, 5.74) is 1.90. The van der Waals surface area contributed by atoms with Gasteiger partial charge in [0.2, 0.25) is 0 Å². The molecule has 2 aromatic rings. The molecule has 0 aromatic carbocycles. The molecule has 2 aliphatic rings. The molecule has 2 aromatic heterocycles. The van der Waals surface area contributed by atoms with E-state index < -0.39 is 0 Å². The average molecular weight is 338 g/mol. The predicted molar refractivity (Wildman–Crippen MR) is 97.5 cm³/mol. The maximum absolute atomic E-state index is 13.3. The Bertz CT molecular complexity index is 726. The molecule has 25 heavy (non-hydrogen) atoms. The summed E-state index contributed by atoms with van der Waals surface area (Å²) in [6, 6.07) is 8.79. The van der Waals surface area contributed by atoms with Crippen molar-refractivity contribution in [1.29, 1.82) is 0 Å². The molecule has 5 nitrogen and oxygen atoms in total. The van der Waals surface area contributed by atoms with Crippen LogP contribution in [0, 0.1) is 0 Å². The first-order valence-electron chi connectivity index (χ1n) is 9.29. The first-order valence-corrected chi connectivity index (χ1v) is 9.29. The van der Waals surface area contributed by atoms with Crippen LogP contribution in [0.4, 0.5) is 0 Å². The minimum Gasteiger partial charge on any atom is -0.339 e. The monoisotopic (exact) mass is 338 g/mol. The van der Waals surface area contributed by atoms with E-state index >= 15 is 0 Å². The van der Waals surface area contributed by atoms with E-state index in [2.05, 4.69) is 21.8 Å². The fourth-order valence-electron chi connectivity index (χ4n) is 4.45. The van der Waals surface area contributed by atoms with Crippen LogP contribution in [0.2, 0.25) is 0 Å². The minimum absolute atomic E-state index is 0.177. The van der Waals surface area contributed by atoms with E-state index in [1.807, 2.05) is 41.2 Å². The summed E-state index contributed by atoms with van der Waals surface area (Å²) in [4.78, 5) is 22.0. The number of likely N-dealkylation sites (N-methyl/N-ethyl adjacent to an activating group) is 1. The predicted octanol–water partition coefficient (Wildman–Crippen LogP) is 2.63. The summed E-state index contributed by atoms with van der Waals surface area (Å²) in [5, 5.41) is 0. The number of amides is 1. The van der Waals surface area contributed by atoms with Crippen LogP contribution in [0.25, 0.3) is 0 Å². The third kappa shape index (κ3) is 3.21. The molecule has 2 aliphatic heterocycles. The Hall–Kier alpha value is -2.14. The highest BCUT2D eigenvalue weighted by atomic mass is 16.2. The van der Waals surface area contributed by atoms with Crippen LogP contribution in [-0.2, 0) is 6.54 Å².